The maximum absolute atomic E-state index is 13.2. The monoisotopic (exact) mass is 812 g/mol. The summed E-state index contributed by atoms with van der Waals surface area (Å²) in [6.45, 7) is 4.51. The number of aromatic nitrogens is 2. The van der Waals surface area contributed by atoms with Crippen molar-refractivity contribution in [3.63, 3.8) is 0 Å². The van der Waals surface area contributed by atoms with Gasteiger partial charge in [-0.15, -0.1) is 22.7 Å². The minimum absolute atomic E-state index is 0.168. The van der Waals surface area contributed by atoms with E-state index in [0.29, 0.717) is 32.3 Å². The van der Waals surface area contributed by atoms with Crippen LogP contribution in [0.4, 0.5) is 0 Å². The number of ketones is 4. The topological polar surface area (TPSA) is 94.1 Å². The Kier molecular flexibility index (Phi) is 10.6. The first-order valence-electron chi connectivity index (χ1n) is 20.8. The molecule has 9 rings (SSSR count). The predicted octanol–water partition coefficient (Wildman–Crippen LogP) is 13.1. The van der Waals surface area contributed by atoms with Crippen molar-refractivity contribution in [2.24, 2.45) is 0 Å². The molecule has 6 aromatic rings. The summed E-state index contributed by atoms with van der Waals surface area (Å²) in [5.41, 5.74) is 9.35. The van der Waals surface area contributed by atoms with E-state index in [0.717, 1.165) is 46.6 Å². The molecule has 294 valence electrons. The van der Waals surface area contributed by atoms with Crippen LogP contribution in [0.25, 0.3) is 44.2 Å². The summed E-state index contributed by atoms with van der Waals surface area (Å²) in [6.07, 6.45) is 18.5. The van der Waals surface area contributed by atoms with Crippen molar-refractivity contribution < 1.29 is 19.2 Å². The summed E-state index contributed by atoms with van der Waals surface area (Å²) in [6, 6.07) is 27.6. The molecule has 0 unspecified atom stereocenters. The minimum Gasteiger partial charge on any atom is -0.288 e. The summed E-state index contributed by atoms with van der Waals surface area (Å²) in [5.74, 6) is -0.983. The molecular formula is C51H44N2O4S2. The molecule has 2 aromatic heterocycles. The Labute approximate surface area is 352 Å². The SMILES string of the molecule is CCCCCCC1(CCCCCC)c2cc(-c3cnc(C=C4C(=O)c5ccccc5C4=O)s3)ccc2-c2ccc(-c3cnc(C=C4C(=O)c5ccccc5C4=O)s3)cc21. The van der Waals surface area contributed by atoms with Gasteiger partial charge in [0.2, 0.25) is 0 Å². The Hall–Kier alpha value is -5.70. The standard InChI is InChI=1S/C51H44N2O4S2/c1-3-5-7-13-23-51(24-14-8-6-4-2)41-25-31(43-29-52-45(58-43)27-39-47(54)35-15-9-10-16-36(35)48(39)55)19-21-33(41)34-22-20-32(26-42(34)51)44-30-53-46(59-44)28-40-49(56)37-17-11-12-18-38(37)50(40)57/h9-12,15-22,25-30H,3-8,13-14,23-24H2,1-2H3. The van der Waals surface area contributed by atoms with Crippen molar-refractivity contribution >= 4 is 58.0 Å². The first-order chi connectivity index (χ1) is 28.8. The largest absolute Gasteiger partial charge is 0.288 e. The quantitative estimate of drug-likeness (QED) is 0.0618. The van der Waals surface area contributed by atoms with Crippen molar-refractivity contribution in [3.05, 3.63) is 152 Å². The molecule has 0 N–H and O–H groups in total. The van der Waals surface area contributed by atoms with Crippen LogP contribution in [0.1, 0.15) is 141 Å². The number of hydrogen-bond acceptors (Lipinski definition) is 8. The van der Waals surface area contributed by atoms with Crippen molar-refractivity contribution in [1.82, 2.24) is 9.97 Å². The molecule has 3 aliphatic carbocycles. The van der Waals surface area contributed by atoms with Gasteiger partial charge in [0.1, 0.15) is 10.0 Å². The second kappa shape index (κ2) is 16.2. The number of nitrogens with zero attached hydrogens (tertiary/aromatic N) is 2. The molecule has 0 spiro atoms. The fraction of sp³-hybridized carbons (Fsp3) is 0.255. The molecule has 0 fully saturated rings. The minimum atomic E-state index is -0.246. The Balaban J connectivity index is 1.08. The van der Waals surface area contributed by atoms with Gasteiger partial charge in [0.05, 0.1) is 20.9 Å². The third kappa shape index (κ3) is 6.92. The summed E-state index contributed by atoms with van der Waals surface area (Å²) >= 11 is 3.00. The van der Waals surface area contributed by atoms with Crippen LogP contribution in [0.5, 0.6) is 0 Å². The summed E-state index contributed by atoms with van der Waals surface area (Å²) in [4.78, 5) is 64.0. The van der Waals surface area contributed by atoms with E-state index >= 15 is 0 Å². The number of unbranched alkanes of at least 4 members (excludes halogenated alkanes) is 6. The van der Waals surface area contributed by atoms with Crippen LogP contribution in [0.2, 0.25) is 0 Å². The van der Waals surface area contributed by atoms with E-state index in [9.17, 15) is 19.2 Å². The number of carbonyl (C=O) groups excluding carboxylic acids is 4. The van der Waals surface area contributed by atoms with E-state index in [2.05, 4.69) is 60.2 Å². The zero-order chi connectivity index (χ0) is 40.7. The molecule has 2 heterocycles. The van der Waals surface area contributed by atoms with Gasteiger partial charge in [-0.25, -0.2) is 9.97 Å². The Morgan fingerprint density at radius 3 is 1.25 bits per heavy atom. The number of allylic oxidation sites excluding steroid dienone is 2. The zero-order valence-corrected chi connectivity index (χ0v) is 34.9. The number of fused-ring (bicyclic) bond motifs is 5. The number of Topliss-reactive ketones (excluding diaryl/α,β-unsaturated/α-hetero) is 4. The molecule has 6 nitrogen and oxygen atoms in total. The molecule has 3 aliphatic rings. The second-order valence-corrected chi connectivity index (χ2v) is 18.0. The third-order valence-corrected chi connectivity index (χ3v) is 14.2. The van der Waals surface area contributed by atoms with Crippen LogP contribution in [0, 0.1) is 0 Å². The van der Waals surface area contributed by atoms with Gasteiger partial charge < -0.3 is 0 Å². The van der Waals surface area contributed by atoms with Crippen LogP contribution in [0.15, 0.2) is 108 Å². The number of carbonyl (C=O) groups is 4. The highest BCUT2D eigenvalue weighted by Crippen LogP contribution is 2.56. The fourth-order valence-electron chi connectivity index (χ4n) is 9.20. The van der Waals surface area contributed by atoms with Crippen LogP contribution in [-0.4, -0.2) is 33.1 Å². The Morgan fingerprint density at radius 2 is 0.881 bits per heavy atom. The molecule has 0 amide bonds. The van der Waals surface area contributed by atoms with E-state index in [-0.39, 0.29) is 39.7 Å². The van der Waals surface area contributed by atoms with E-state index < -0.39 is 0 Å². The van der Waals surface area contributed by atoms with E-state index in [1.807, 2.05) is 12.4 Å². The average molecular weight is 813 g/mol. The molecule has 0 saturated carbocycles. The summed E-state index contributed by atoms with van der Waals surface area (Å²) in [7, 11) is 0. The molecule has 0 atom stereocenters. The molecule has 8 heteroatoms. The first kappa shape index (κ1) is 38.8. The van der Waals surface area contributed by atoms with Gasteiger partial charge in [-0.05, 0) is 70.5 Å². The maximum Gasteiger partial charge on any atom is 0.197 e. The molecule has 0 radical (unpaired) electrons. The smallest absolute Gasteiger partial charge is 0.197 e. The highest BCUT2D eigenvalue weighted by molar-refractivity contribution is 7.16. The van der Waals surface area contributed by atoms with Gasteiger partial charge in [0.15, 0.2) is 23.1 Å². The van der Waals surface area contributed by atoms with Crippen LogP contribution in [0.3, 0.4) is 0 Å². The predicted molar refractivity (Wildman–Crippen MR) is 239 cm³/mol. The highest BCUT2D eigenvalue weighted by Gasteiger charge is 2.43. The number of hydrogen-bond donors (Lipinski definition) is 0. The normalized spacial score (nSPS) is 14.8. The van der Waals surface area contributed by atoms with Crippen LogP contribution < -0.4 is 0 Å². The molecule has 0 aliphatic heterocycles. The summed E-state index contributed by atoms with van der Waals surface area (Å²) < 4.78 is 0. The second-order valence-electron chi connectivity index (χ2n) is 15.9. The fourth-order valence-corrected chi connectivity index (χ4v) is 10.9. The Morgan fingerprint density at radius 1 is 0.492 bits per heavy atom. The van der Waals surface area contributed by atoms with Crippen LogP contribution >= 0.6 is 22.7 Å². The van der Waals surface area contributed by atoms with E-state index in [4.69, 9.17) is 0 Å². The molecule has 0 bridgehead atoms. The molecule has 0 saturated heterocycles. The Bertz CT molecular complexity index is 2490. The number of rotatable bonds is 14. The van der Waals surface area contributed by atoms with Gasteiger partial charge in [-0.2, -0.15) is 0 Å². The number of thiazole rings is 2. The van der Waals surface area contributed by atoms with Crippen molar-refractivity contribution in [1.29, 1.82) is 0 Å². The van der Waals surface area contributed by atoms with Gasteiger partial charge in [-0.1, -0.05) is 138 Å². The first-order valence-corrected chi connectivity index (χ1v) is 22.5. The molecule has 59 heavy (non-hydrogen) atoms. The number of benzene rings is 4. The van der Waals surface area contributed by atoms with Crippen molar-refractivity contribution in [2.75, 3.05) is 0 Å². The zero-order valence-electron chi connectivity index (χ0n) is 33.3. The highest BCUT2D eigenvalue weighted by atomic mass is 32.1. The maximum atomic E-state index is 13.2. The van der Waals surface area contributed by atoms with Gasteiger partial charge in [0.25, 0.3) is 0 Å². The lowest BCUT2D eigenvalue weighted by atomic mass is 9.70. The lowest BCUT2D eigenvalue weighted by molar-refractivity contribution is 0.0975. The van der Waals surface area contributed by atoms with Crippen molar-refractivity contribution in [3.8, 4) is 32.0 Å². The van der Waals surface area contributed by atoms with E-state index in [1.165, 1.54) is 83.5 Å². The lowest BCUT2D eigenvalue weighted by Crippen LogP contribution is -2.25. The lowest BCUT2D eigenvalue weighted by Gasteiger charge is -2.33. The van der Waals surface area contributed by atoms with Gasteiger partial charge >= 0.3 is 0 Å². The van der Waals surface area contributed by atoms with E-state index in [1.54, 1.807) is 60.7 Å². The van der Waals surface area contributed by atoms with Crippen molar-refractivity contribution in [2.45, 2.75) is 83.5 Å². The summed E-state index contributed by atoms with van der Waals surface area (Å²) in [5, 5.41) is 1.27. The third-order valence-electron chi connectivity index (χ3n) is 12.2. The van der Waals surface area contributed by atoms with Crippen LogP contribution in [-0.2, 0) is 5.41 Å². The molecular weight excluding hydrogens is 769 g/mol. The van der Waals surface area contributed by atoms with Gasteiger partial charge in [0, 0.05) is 40.1 Å². The van der Waals surface area contributed by atoms with Gasteiger partial charge in [-0.3, -0.25) is 19.2 Å². The average Bonchev–Trinajstić information content (AvgIpc) is 4.08. The molecule has 4 aromatic carbocycles.